The number of guanidine groups is 1. The zero-order chi connectivity index (χ0) is 21.9. The lowest BCUT2D eigenvalue weighted by Crippen LogP contribution is -2.44. The van der Waals surface area contributed by atoms with Gasteiger partial charge in [-0.15, -0.1) is 24.0 Å². The van der Waals surface area contributed by atoms with Gasteiger partial charge in [-0.2, -0.15) is 0 Å². The molecule has 2 fully saturated rings. The molecule has 3 atom stereocenters. The first kappa shape index (κ1) is 27.3. The van der Waals surface area contributed by atoms with Gasteiger partial charge in [-0.3, -0.25) is 9.89 Å². The Labute approximate surface area is 210 Å². The molecule has 0 saturated carbocycles. The normalized spacial score (nSPS) is 24.2. The molecule has 0 amide bonds. The molecule has 7 nitrogen and oxygen atoms in total. The summed E-state index contributed by atoms with van der Waals surface area (Å²) in [5.74, 6) is 1.40. The standard InChI is InChI=1S/C24H40N4O3.HI/c1-19-14-28(15-20(2)31-19)16-22-7-5-21(6-8-22)13-27-24(25-3)26-10-4-11-29-17-23-9-12-30-18-23;/h5-8,19-20,23H,4,9-18H2,1-3H3,(H2,25,26,27);1H. The summed E-state index contributed by atoms with van der Waals surface area (Å²) in [6.45, 7) is 12.2. The Morgan fingerprint density at radius 2 is 1.84 bits per heavy atom. The van der Waals surface area contributed by atoms with E-state index in [-0.39, 0.29) is 24.0 Å². The molecule has 3 rings (SSSR count). The first-order valence-corrected chi connectivity index (χ1v) is 11.7. The van der Waals surface area contributed by atoms with Crippen LogP contribution in [-0.2, 0) is 27.3 Å². The number of nitrogens with zero attached hydrogens (tertiary/aromatic N) is 2. The molecule has 3 unspecified atom stereocenters. The molecule has 0 spiro atoms. The molecule has 182 valence electrons. The third kappa shape index (κ3) is 9.91. The van der Waals surface area contributed by atoms with Crippen molar-refractivity contribution >= 4 is 29.9 Å². The van der Waals surface area contributed by atoms with Crippen LogP contribution in [-0.4, -0.2) is 76.2 Å². The zero-order valence-corrected chi connectivity index (χ0v) is 22.2. The van der Waals surface area contributed by atoms with Crippen molar-refractivity contribution < 1.29 is 14.2 Å². The highest BCUT2D eigenvalue weighted by molar-refractivity contribution is 14.0. The number of aliphatic imine (C=N–C) groups is 1. The summed E-state index contributed by atoms with van der Waals surface area (Å²) in [7, 11) is 1.80. The van der Waals surface area contributed by atoms with Crippen molar-refractivity contribution in [1.82, 2.24) is 15.5 Å². The third-order valence-corrected chi connectivity index (χ3v) is 5.74. The highest BCUT2D eigenvalue weighted by Gasteiger charge is 2.22. The highest BCUT2D eigenvalue weighted by Crippen LogP contribution is 2.15. The lowest BCUT2D eigenvalue weighted by Gasteiger charge is -2.35. The molecule has 2 heterocycles. The van der Waals surface area contributed by atoms with E-state index >= 15 is 0 Å². The zero-order valence-electron chi connectivity index (χ0n) is 19.8. The second-order valence-electron chi connectivity index (χ2n) is 8.78. The summed E-state index contributed by atoms with van der Waals surface area (Å²) in [4.78, 5) is 6.79. The highest BCUT2D eigenvalue weighted by atomic mass is 127. The van der Waals surface area contributed by atoms with Gasteiger partial charge < -0.3 is 24.8 Å². The SMILES string of the molecule is CN=C(NCCCOCC1CCOC1)NCc1ccc(CN2CC(C)OC(C)C2)cc1.I. The molecule has 2 aliphatic heterocycles. The van der Waals surface area contributed by atoms with E-state index in [4.69, 9.17) is 14.2 Å². The van der Waals surface area contributed by atoms with Crippen molar-refractivity contribution in [2.75, 3.05) is 53.1 Å². The average molecular weight is 561 g/mol. The predicted octanol–water partition coefficient (Wildman–Crippen LogP) is 3.02. The van der Waals surface area contributed by atoms with E-state index in [0.717, 1.165) is 78.0 Å². The number of hydrogen-bond acceptors (Lipinski definition) is 5. The quantitative estimate of drug-likeness (QED) is 0.199. The lowest BCUT2D eigenvalue weighted by atomic mass is 10.1. The van der Waals surface area contributed by atoms with Crippen LogP contribution in [0.3, 0.4) is 0 Å². The second kappa shape index (κ2) is 15.1. The van der Waals surface area contributed by atoms with E-state index in [0.29, 0.717) is 18.1 Å². The van der Waals surface area contributed by atoms with E-state index in [2.05, 4.69) is 58.6 Å². The molecule has 32 heavy (non-hydrogen) atoms. The molecule has 2 aliphatic rings. The van der Waals surface area contributed by atoms with Crippen LogP contribution >= 0.6 is 24.0 Å². The monoisotopic (exact) mass is 560 g/mol. The lowest BCUT2D eigenvalue weighted by molar-refractivity contribution is -0.0704. The summed E-state index contributed by atoms with van der Waals surface area (Å²) >= 11 is 0. The number of morpholine rings is 1. The van der Waals surface area contributed by atoms with Gasteiger partial charge in [0, 0.05) is 58.9 Å². The largest absolute Gasteiger partial charge is 0.381 e. The van der Waals surface area contributed by atoms with E-state index in [9.17, 15) is 0 Å². The third-order valence-electron chi connectivity index (χ3n) is 5.74. The minimum Gasteiger partial charge on any atom is -0.381 e. The van der Waals surface area contributed by atoms with Crippen LogP contribution in [0.15, 0.2) is 29.3 Å². The second-order valence-corrected chi connectivity index (χ2v) is 8.78. The summed E-state index contributed by atoms with van der Waals surface area (Å²) in [6.07, 6.45) is 2.70. The van der Waals surface area contributed by atoms with Gasteiger partial charge in [0.05, 0.1) is 25.4 Å². The number of nitrogens with one attached hydrogen (secondary N) is 2. The molecule has 2 saturated heterocycles. The summed E-state index contributed by atoms with van der Waals surface area (Å²) in [5, 5.41) is 6.75. The molecule has 1 aromatic rings. The number of halogens is 1. The molecule has 8 heteroatoms. The van der Waals surface area contributed by atoms with E-state index in [1.165, 1.54) is 11.1 Å². The van der Waals surface area contributed by atoms with Crippen molar-refractivity contribution in [2.24, 2.45) is 10.9 Å². The molecule has 0 radical (unpaired) electrons. The fourth-order valence-corrected chi connectivity index (χ4v) is 4.19. The number of ether oxygens (including phenoxy) is 3. The molecule has 0 aromatic heterocycles. The summed E-state index contributed by atoms with van der Waals surface area (Å²) in [6, 6.07) is 8.85. The van der Waals surface area contributed by atoms with Crippen molar-refractivity contribution in [1.29, 1.82) is 0 Å². The Kier molecular flexibility index (Phi) is 12.8. The first-order valence-electron chi connectivity index (χ1n) is 11.7. The van der Waals surface area contributed by atoms with Gasteiger partial charge in [0.2, 0.25) is 0 Å². The van der Waals surface area contributed by atoms with Crippen molar-refractivity contribution in [3.05, 3.63) is 35.4 Å². The van der Waals surface area contributed by atoms with Crippen molar-refractivity contribution in [3.8, 4) is 0 Å². The van der Waals surface area contributed by atoms with Crippen molar-refractivity contribution in [3.63, 3.8) is 0 Å². The molecular formula is C24H41IN4O3. The van der Waals surface area contributed by atoms with E-state index in [1.807, 2.05) is 0 Å². The molecule has 2 N–H and O–H groups in total. The number of benzene rings is 1. The maximum Gasteiger partial charge on any atom is 0.191 e. The van der Waals surface area contributed by atoms with Gasteiger partial charge in [-0.1, -0.05) is 24.3 Å². The average Bonchev–Trinajstić information content (AvgIpc) is 3.26. The molecule has 0 aliphatic carbocycles. The van der Waals surface area contributed by atoms with Crippen LogP contribution in [0.25, 0.3) is 0 Å². The minimum atomic E-state index is 0. The van der Waals surface area contributed by atoms with Gasteiger partial charge >= 0.3 is 0 Å². The topological polar surface area (TPSA) is 67.4 Å². The van der Waals surface area contributed by atoms with Gasteiger partial charge in [-0.05, 0) is 37.8 Å². The van der Waals surface area contributed by atoms with Crippen LogP contribution in [0, 0.1) is 5.92 Å². The summed E-state index contributed by atoms with van der Waals surface area (Å²) in [5.41, 5.74) is 2.59. The van der Waals surface area contributed by atoms with E-state index < -0.39 is 0 Å². The van der Waals surface area contributed by atoms with Gasteiger partial charge in [-0.25, -0.2) is 0 Å². The Balaban J connectivity index is 0.00000363. The predicted molar refractivity (Wildman–Crippen MR) is 140 cm³/mol. The Bertz CT molecular complexity index is 658. The van der Waals surface area contributed by atoms with Crippen LogP contribution in [0.4, 0.5) is 0 Å². The smallest absolute Gasteiger partial charge is 0.191 e. The Hall–Kier alpha value is -0.940. The maximum absolute atomic E-state index is 5.83. The van der Waals surface area contributed by atoms with E-state index in [1.54, 1.807) is 7.05 Å². The molecule has 1 aromatic carbocycles. The van der Waals surface area contributed by atoms with Crippen LogP contribution in [0.2, 0.25) is 0 Å². The Morgan fingerprint density at radius 3 is 2.50 bits per heavy atom. The van der Waals surface area contributed by atoms with Crippen LogP contribution in [0.5, 0.6) is 0 Å². The van der Waals surface area contributed by atoms with Crippen LogP contribution < -0.4 is 10.6 Å². The van der Waals surface area contributed by atoms with Gasteiger partial charge in [0.15, 0.2) is 5.96 Å². The molecular weight excluding hydrogens is 519 g/mol. The summed E-state index contributed by atoms with van der Waals surface area (Å²) < 4.78 is 16.9. The Morgan fingerprint density at radius 1 is 1.12 bits per heavy atom. The first-order chi connectivity index (χ1) is 15.1. The molecule has 0 bridgehead atoms. The fraction of sp³-hybridized carbons (Fsp3) is 0.708. The van der Waals surface area contributed by atoms with Crippen molar-refractivity contribution in [2.45, 2.75) is 52.0 Å². The maximum atomic E-state index is 5.83. The van der Waals surface area contributed by atoms with Crippen LogP contribution in [0.1, 0.15) is 37.8 Å². The number of rotatable bonds is 10. The number of hydrogen-bond donors (Lipinski definition) is 2. The fourth-order valence-electron chi connectivity index (χ4n) is 4.19. The van der Waals surface area contributed by atoms with Gasteiger partial charge in [0.1, 0.15) is 0 Å². The minimum absolute atomic E-state index is 0. The van der Waals surface area contributed by atoms with Gasteiger partial charge in [0.25, 0.3) is 0 Å².